The number of rotatable bonds is 3. The Morgan fingerprint density at radius 1 is 1.26 bits per heavy atom. The first-order valence-corrected chi connectivity index (χ1v) is 6.95. The van der Waals surface area contributed by atoms with Crippen molar-refractivity contribution in [3.63, 3.8) is 0 Å². The van der Waals surface area contributed by atoms with Crippen molar-refractivity contribution in [2.24, 2.45) is 5.92 Å². The largest absolute Gasteiger partial charge is 0.439 e. The summed E-state index contributed by atoms with van der Waals surface area (Å²) in [6.07, 6.45) is 5.62. The van der Waals surface area contributed by atoms with Crippen molar-refractivity contribution < 1.29 is 9.21 Å². The number of para-hydroxylation sites is 2. The molecule has 1 fully saturated rings. The highest BCUT2D eigenvalue weighted by molar-refractivity contribution is 5.78. The predicted molar refractivity (Wildman–Crippen MR) is 72.4 cm³/mol. The first kappa shape index (κ1) is 12.2. The van der Waals surface area contributed by atoms with Gasteiger partial charge in [-0.15, -0.1) is 0 Å². The molecule has 0 saturated heterocycles. The maximum atomic E-state index is 12.0. The van der Waals surface area contributed by atoms with E-state index in [0.717, 1.165) is 23.9 Å². The van der Waals surface area contributed by atoms with Crippen molar-refractivity contribution in [2.45, 2.75) is 38.6 Å². The van der Waals surface area contributed by atoms with Gasteiger partial charge in [-0.25, -0.2) is 4.98 Å². The minimum absolute atomic E-state index is 0.141. The van der Waals surface area contributed by atoms with E-state index in [0.29, 0.717) is 12.4 Å². The summed E-state index contributed by atoms with van der Waals surface area (Å²) in [4.78, 5) is 16.4. The van der Waals surface area contributed by atoms with Gasteiger partial charge >= 0.3 is 0 Å². The van der Waals surface area contributed by atoms with Crippen LogP contribution >= 0.6 is 0 Å². The number of carbonyl (C=O) groups excluding carboxylic acids is 1. The van der Waals surface area contributed by atoms with E-state index in [-0.39, 0.29) is 11.8 Å². The fourth-order valence-corrected chi connectivity index (χ4v) is 2.67. The van der Waals surface area contributed by atoms with E-state index in [1.165, 1.54) is 19.3 Å². The number of fused-ring (bicyclic) bond motifs is 1. The fourth-order valence-electron chi connectivity index (χ4n) is 2.67. The summed E-state index contributed by atoms with van der Waals surface area (Å²) in [7, 11) is 0. The third kappa shape index (κ3) is 2.78. The summed E-state index contributed by atoms with van der Waals surface area (Å²) in [6.45, 7) is 0.379. The number of hydrogen-bond acceptors (Lipinski definition) is 3. The molecule has 0 atom stereocenters. The Balaban J connectivity index is 1.60. The van der Waals surface area contributed by atoms with Gasteiger partial charge in [-0.2, -0.15) is 0 Å². The lowest BCUT2D eigenvalue weighted by Crippen LogP contribution is -2.31. The summed E-state index contributed by atoms with van der Waals surface area (Å²) in [5.41, 5.74) is 1.61. The molecule has 4 heteroatoms. The molecule has 1 aromatic carbocycles. The number of nitrogens with one attached hydrogen (secondary N) is 1. The van der Waals surface area contributed by atoms with Crippen molar-refractivity contribution >= 4 is 17.0 Å². The van der Waals surface area contributed by atoms with E-state index < -0.39 is 0 Å². The van der Waals surface area contributed by atoms with E-state index >= 15 is 0 Å². The van der Waals surface area contributed by atoms with Crippen LogP contribution in [-0.4, -0.2) is 10.9 Å². The summed E-state index contributed by atoms with van der Waals surface area (Å²) in [5, 5.41) is 2.93. The Kier molecular flexibility index (Phi) is 3.49. The topological polar surface area (TPSA) is 55.1 Å². The quantitative estimate of drug-likeness (QED) is 0.920. The van der Waals surface area contributed by atoms with Crippen LogP contribution in [0.3, 0.4) is 0 Å². The van der Waals surface area contributed by atoms with Crippen LogP contribution in [0, 0.1) is 5.92 Å². The standard InChI is InChI=1S/C15H18N2O2/c18-15(11-6-2-1-3-7-11)16-10-14-17-12-8-4-5-9-13(12)19-14/h4-5,8-9,11H,1-3,6-7,10H2,(H,16,18). The monoisotopic (exact) mass is 258 g/mol. The molecular formula is C15H18N2O2. The number of hydrogen-bond donors (Lipinski definition) is 1. The molecule has 19 heavy (non-hydrogen) atoms. The Morgan fingerprint density at radius 2 is 2.05 bits per heavy atom. The van der Waals surface area contributed by atoms with Gasteiger partial charge in [0.1, 0.15) is 5.52 Å². The summed E-state index contributed by atoms with van der Waals surface area (Å²) in [5.74, 6) is 0.894. The van der Waals surface area contributed by atoms with Gasteiger partial charge in [0, 0.05) is 5.92 Å². The van der Waals surface area contributed by atoms with Crippen molar-refractivity contribution in [3.8, 4) is 0 Å². The molecule has 1 amide bonds. The highest BCUT2D eigenvalue weighted by Crippen LogP contribution is 2.23. The van der Waals surface area contributed by atoms with Crippen molar-refractivity contribution in [1.82, 2.24) is 10.3 Å². The highest BCUT2D eigenvalue weighted by atomic mass is 16.3. The van der Waals surface area contributed by atoms with Crippen LogP contribution in [0.4, 0.5) is 0 Å². The van der Waals surface area contributed by atoms with E-state index in [9.17, 15) is 4.79 Å². The Hall–Kier alpha value is -1.84. The van der Waals surface area contributed by atoms with Gasteiger partial charge in [0.05, 0.1) is 6.54 Å². The van der Waals surface area contributed by atoms with E-state index in [1.807, 2.05) is 24.3 Å². The molecule has 1 heterocycles. The maximum absolute atomic E-state index is 12.0. The van der Waals surface area contributed by atoms with Crippen LogP contribution in [0.5, 0.6) is 0 Å². The molecular weight excluding hydrogens is 240 g/mol. The molecule has 0 aliphatic heterocycles. The zero-order chi connectivity index (χ0) is 13.1. The Morgan fingerprint density at radius 3 is 2.84 bits per heavy atom. The zero-order valence-corrected chi connectivity index (χ0v) is 10.9. The number of amides is 1. The first-order valence-electron chi connectivity index (χ1n) is 6.95. The van der Waals surface area contributed by atoms with Gasteiger partial charge in [0.25, 0.3) is 0 Å². The van der Waals surface area contributed by atoms with Gasteiger partial charge in [-0.3, -0.25) is 4.79 Å². The fraction of sp³-hybridized carbons (Fsp3) is 0.467. The maximum Gasteiger partial charge on any atom is 0.223 e. The third-order valence-corrected chi connectivity index (χ3v) is 3.73. The predicted octanol–water partition coefficient (Wildman–Crippen LogP) is 3.02. The van der Waals surface area contributed by atoms with Gasteiger partial charge in [-0.05, 0) is 25.0 Å². The van der Waals surface area contributed by atoms with Crippen molar-refractivity contribution in [1.29, 1.82) is 0 Å². The minimum Gasteiger partial charge on any atom is -0.439 e. The second-order valence-electron chi connectivity index (χ2n) is 5.13. The highest BCUT2D eigenvalue weighted by Gasteiger charge is 2.21. The van der Waals surface area contributed by atoms with Gasteiger partial charge in [0.2, 0.25) is 11.8 Å². The van der Waals surface area contributed by atoms with Crippen LogP contribution in [0.1, 0.15) is 38.0 Å². The Labute approximate surface area is 112 Å². The Bertz CT molecular complexity index is 537. The SMILES string of the molecule is O=C(NCc1nc2ccccc2o1)C1CCCCC1. The third-order valence-electron chi connectivity index (χ3n) is 3.73. The van der Waals surface area contributed by atoms with Gasteiger partial charge < -0.3 is 9.73 Å². The molecule has 0 bridgehead atoms. The molecule has 2 aromatic rings. The van der Waals surface area contributed by atoms with Crippen molar-refractivity contribution in [3.05, 3.63) is 30.2 Å². The molecule has 0 unspecified atom stereocenters. The van der Waals surface area contributed by atoms with Crippen LogP contribution in [-0.2, 0) is 11.3 Å². The molecule has 100 valence electrons. The van der Waals surface area contributed by atoms with Gasteiger partial charge in [0.15, 0.2) is 5.58 Å². The molecule has 1 aliphatic rings. The van der Waals surface area contributed by atoms with Crippen molar-refractivity contribution in [2.75, 3.05) is 0 Å². The lowest BCUT2D eigenvalue weighted by Gasteiger charge is -2.20. The average Bonchev–Trinajstić information content (AvgIpc) is 2.88. The summed E-state index contributed by atoms with van der Waals surface area (Å²) in [6, 6.07) is 7.63. The first-order chi connectivity index (χ1) is 9.33. The number of aromatic nitrogens is 1. The van der Waals surface area contributed by atoms with E-state index in [2.05, 4.69) is 10.3 Å². The second-order valence-corrected chi connectivity index (χ2v) is 5.13. The average molecular weight is 258 g/mol. The smallest absolute Gasteiger partial charge is 0.223 e. The van der Waals surface area contributed by atoms with Crippen LogP contribution in [0.25, 0.3) is 11.1 Å². The minimum atomic E-state index is 0.141. The molecule has 0 radical (unpaired) electrons. The molecule has 1 N–H and O–H groups in total. The summed E-state index contributed by atoms with van der Waals surface area (Å²) < 4.78 is 5.58. The second kappa shape index (κ2) is 5.43. The molecule has 0 spiro atoms. The number of carbonyl (C=O) groups is 1. The number of nitrogens with zero attached hydrogens (tertiary/aromatic N) is 1. The van der Waals surface area contributed by atoms with Crippen LogP contribution in [0.15, 0.2) is 28.7 Å². The van der Waals surface area contributed by atoms with E-state index in [1.54, 1.807) is 0 Å². The molecule has 1 saturated carbocycles. The molecule has 3 rings (SSSR count). The molecule has 4 nitrogen and oxygen atoms in total. The molecule has 1 aliphatic carbocycles. The number of oxazole rings is 1. The number of benzene rings is 1. The molecule has 1 aromatic heterocycles. The van der Waals surface area contributed by atoms with Crippen LogP contribution in [0.2, 0.25) is 0 Å². The summed E-state index contributed by atoms with van der Waals surface area (Å²) >= 11 is 0. The van der Waals surface area contributed by atoms with E-state index in [4.69, 9.17) is 4.42 Å². The lowest BCUT2D eigenvalue weighted by atomic mass is 9.89. The van der Waals surface area contributed by atoms with Gasteiger partial charge in [-0.1, -0.05) is 31.4 Å². The van der Waals surface area contributed by atoms with Crippen LogP contribution < -0.4 is 5.32 Å². The zero-order valence-electron chi connectivity index (χ0n) is 10.9. The lowest BCUT2D eigenvalue weighted by molar-refractivity contribution is -0.126. The normalized spacial score (nSPS) is 16.6.